The van der Waals surface area contributed by atoms with Crippen LogP contribution in [0.2, 0.25) is 0 Å². The summed E-state index contributed by atoms with van der Waals surface area (Å²) in [4.78, 5) is 13.9. The summed E-state index contributed by atoms with van der Waals surface area (Å²) in [5.74, 6) is -0.174. The van der Waals surface area contributed by atoms with Gasteiger partial charge in [0.05, 0.1) is 6.54 Å². The summed E-state index contributed by atoms with van der Waals surface area (Å²) < 4.78 is 13.3. The topological polar surface area (TPSA) is 46.3 Å². The van der Waals surface area contributed by atoms with Gasteiger partial charge >= 0.3 is 0 Å². The summed E-state index contributed by atoms with van der Waals surface area (Å²) in [7, 11) is 0. The predicted molar refractivity (Wildman–Crippen MR) is 80.2 cm³/mol. The molecule has 4 heteroatoms. The van der Waals surface area contributed by atoms with Crippen LogP contribution in [0.15, 0.2) is 42.5 Å². The molecule has 3 nitrogen and oxygen atoms in total. The van der Waals surface area contributed by atoms with E-state index >= 15 is 0 Å². The second-order valence-electron chi connectivity index (χ2n) is 5.27. The molecule has 0 aromatic heterocycles. The van der Waals surface area contributed by atoms with Crippen molar-refractivity contribution >= 4 is 11.6 Å². The molecule has 0 unspecified atom stereocenters. The van der Waals surface area contributed by atoms with Gasteiger partial charge in [-0.2, -0.15) is 0 Å². The fraction of sp³-hybridized carbons (Fsp3) is 0.235. The molecule has 21 heavy (non-hydrogen) atoms. The maximum absolute atomic E-state index is 13.3. The van der Waals surface area contributed by atoms with Gasteiger partial charge in [-0.25, -0.2) is 4.39 Å². The summed E-state index contributed by atoms with van der Waals surface area (Å²) in [6.07, 6.45) is 1.03. The molecule has 0 spiro atoms. The van der Waals surface area contributed by atoms with Crippen molar-refractivity contribution in [3.8, 4) is 0 Å². The Morgan fingerprint density at radius 2 is 1.76 bits per heavy atom. The number of carbonyl (C=O) groups excluding carboxylic acids is 1. The largest absolute Gasteiger partial charge is 0.326 e. The van der Waals surface area contributed by atoms with Crippen molar-refractivity contribution in [3.05, 3.63) is 65.0 Å². The van der Waals surface area contributed by atoms with E-state index in [0.717, 1.165) is 22.4 Å². The Kier molecular flexibility index (Phi) is 3.71. The third kappa shape index (κ3) is 2.81. The number of fused-ring (bicyclic) bond motifs is 1. The highest BCUT2D eigenvalue weighted by atomic mass is 19.1. The molecule has 2 N–H and O–H groups in total. The molecule has 1 aliphatic heterocycles. The number of hydrogen-bond acceptors (Lipinski definition) is 2. The smallest absolute Gasteiger partial charge is 0.227 e. The third-order valence-electron chi connectivity index (χ3n) is 3.84. The number of rotatable bonds is 3. The van der Waals surface area contributed by atoms with Crippen LogP contribution >= 0.6 is 0 Å². The van der Waals surface area contributed by atoms with Gasteiger partial charge in [0.25, 0.3) is 0 Å². The number of anilines is 1. The van der Waals surface area contributed by atoms with Crippen LogP contribution in [0.5, 0.6) is 0 Å². The van der Waals surface area contributed by atoms with Crippen LogP contribution in [0.25, 0.3) is 0 Å². The van der Waals surface area contributed by atoms with Crippen molar-refractivity contribution in [3.63, 3.8) is 0 Å². The molecule has 3 rings (SSSR count). The minimum atomic E-state index is -0.254. The van der Waals surface area contributed by atoms with E-state index < -0.39 is 0 Å². The number of nitrogens with zero attached hydrogens (tertiary/aromatic N) is 1. The van der Waals surface area contributed by atoms with Crippen LogP contribution in [-0.2, 0) is 24.3 Å². The molecule has 0 saturated carbocycles. The number of nitrogens with two attached hydrogens (primary N) is 1. The van der Waals surface area contributed by atoms with Gasteiger partial charge in [0.2, 0.25) is 5.91 Å². The Balaban J connectivity index is 1.89. The SMILES string of the molecule is NCc1ccc(CN2C(=O)CCc3cc(F)ccc32)cc1. The maximum atomic E-state index is 13.3. The summed E-state index contributed by atoms with van der Waals surface area (Å²) in [6, 6.07) is 12.5. The Labute approximate surface area is 123 Å². The number of benzene rings is 2. The zero-order valence-electron chi connectivity index (χ0n) is 11.7. The molecule has 1 aliphatic rings. The molecule has 0 radical (unpaired) electrons. The molecule has 0 bridgehead atoms. The highest BCUT2D eigenvalue weighted by Crippen LogP contribution is 2.29. The number of hydrogen-bond donors (Lipinski definition) is 1. The van der Waals surface area contributed by atoms with E-state index in [-0.39, 0.29) is 11.7 Å². The Morgan fingerprint density at radius 3 is 2.48 bits per heavy atom. The first-order valence-electron chi connectivity index (χ1n) is 7.04. The average Bonchev–Trinajstić information content (AvgIpc) is 2.51. The lowest BCUT2D eigenvalue weighted by atomic mass is 10.00. The second kappa shape index (κ2) is 5.66. The van der Waals surface area contributed by atoms with Crippen LogP contribution in [0.4, 0.5) is 10.1 Å². The molecule has 1 amide bonds. The van der Waals surface area contributed by atoms with Crippen molar-refractivity contribution in [2.45, 2.75) is 25.9 Å². The number of amides is 1. The van der Waals surface area contributed by atoms with E-state index in [0.29, 0.717) is 25.9 Å². The van der Waals surface area contributed by atoms with Gasteiger partial charge in [-0.1, -0.05) is 24.3 Å². The molecule has 0 aliphatic carbocycles. The fourth-order valence-electron chi connectivity index (χ4n) is 2.67. The molecular formula is C17H17FN2O. The maximum Gasteiger partial charge on any atom is 0.227 e. The zero-order chi connectivity index (χ0) is 14.8. The summed E-state index contributed by atoms with van der Waals surface area (Å²) in [5, 5.41) is 0. The van der Waals surface area contributed by atoms with Gasteiger partial charge < -0.3 is 10.6 Å². The minimum absolute atomic E-state index is 0.0806. The van der Waals surface area contributed by atoms with E-state index in [1.807, 2.05) is 24.3 Å². The second-order valence-corrected chi connectivity index (χ2v) is 5.27. The zero-order valence-corrected chi connectivity index (χ0v) is 11.7. The number of halogens is 1. The van der Waals surface area contributed by atoms with E-state index in [2.05, 4.69) is 0 Å². The molecule has 2 aromatic carbocycles. The van der Waals surface area contributed by atoms with Crippen LogP contribution in [0.3, 0.4) is 0 Å². The van der Waals surface area contributed by atoms with Gasteiger partial charge in [-0.3, -0.25) is 4.79 Å². The standard InChI is InChI=1S/C17H17FN2O/c18-15-6-7-16-14(9-15)5-8-17(21)20(16)11-13-3-1-12(10-19)2-4-13/h1-4,6-7,9H,5,8,10-11,19H2. The molecule has 108 valence electrons. The minimum Gasteiger partial charge on any atom is -0.326 e. The van der Waals surface area contributed by atoms with Crippen LogP contribution in [-0.4, -0.2) is 5.91 Å². The van der Waals surface area contributed by atoms with Crippen molar-refractivity contribution in [2.24, 2.45) is 5.73 Å². The van der Waals surface area contributed by atoms with E-state index in [4.69, 9.17) is 5.73 Å². The number of aryl methyl sites for hydroxylation is 1. The first kappa shape index (κ1) is 13.8. The van der Waals surface area contributed by atoms with Gasteiger partial charge in [-0.05, 0) is 41.3 Å². The Morgan fingerprint density at radius 1 is 1.05 bits per heavy atom. The first-order valence-corrected chi connectivity index (χ1v) is 7.04. The van der Waals surface area contributed by atoms with E-state index in [9.17, 15) is 9.18 Å². The van der Waals surface area contributed by atoms with Crippen LogP contribution in [0.1, 0.15) is 23.1 Å². The molecule has 2 aromatic rings. The van der Waals surface area contributed by atoms with Crippen molar-refractivity contribution in [1.82, 2.24) is 0 Å². The highest BCUT2D eigenvalue weighted by Gasteiger charge is 2.24. The van der Waals surface area contributed by atoms with E-state index in [1.54, 1.807) is 11.0 Å². The molecule has 0 fully saturated rings. The fourth-order valence-corrected chi connectivity index (χ4v) is 2.67. The molecular weight excluding hydrogens is 267 g/mol. The predicted octanol–water partition coefficient (Wildman–Crippen LogP) is 2.76. The van der Waals surface area contributed by atoms with Crippen molar-refractivity contribution < 1.29 is 9.18 Å². The molecule has 0 atom stereocenters. The summed E-state index contributed by atoms with van der Waals surface area (Å²) in [6.45, 7) is 1.01. The first-order chi connectivity index (χ1) is 10.2. The Hall–Kier alpha value is -2.20. The van der Waals surface area contributed by atoms with Crippen molar-refractivity contribution in [1.29, 1.82) is 0 Å². The lowest BCUT2D eigenvalue weighted by Gasteiger charge is -2.29. The average molecular weight is 284 g/mol. The Bertz CT molecular complexity index is 667. The lowest BCUT2D eigenvalue weighted by molar-refractivity contribution is -0.119. The van der Waals surface area contributed by atoms with Gasteiger partial charge in [0, 0.05) is 18.7 Å². The lowest BCUT2D eigenvalue weighted by Crippen LogP contribution is -2.34. The van der Waals surface area contributed by atoms with Gasteiger partial charge in [0.15, 0.2) is 0 Å². The summed E-state index contributed by atoms with van der Waals surface area (Å²) >= 11 is 0. The normalized spacial score (nSPS) is 14.2. The van der Waals surface area contributed by atoms with Crippen LogP contribution in [0, 0.1) is 5.82 Å². The third-order valence-corrected chi connectivity index (χ3v) is 3.84. The molecule has 0 saturated heterocycles. The van der Waals surface area contributed by atoms with Gasteiger partial charge in [-0.15, -0.1) is 0 Å². The van der Waals surface area contributed by atoms with E-state index in [1.165, 1.54) is 12.1 Å². The van der Waals surface area contributed by atoms with Crippen molar-refractivity contribution in [2.75, 3.05) is 4.90 Å². The monoisotopic (exact) mass is 284 g/mol. The van der Waals surface area contributed by atoms with Crippen LogP contribution < -0.4 is 10.6 Å². The quantitative estimate of drug-likeness (QED) is 0.942. The number of carbonyl (C=O) groups is 1. The van der Waals surface area contributed by atoms with Gasteiger partial charge in [0.1, 0.15) is 5.82 Å². The highest BCUT2D eigenvalue weighted by molar-refractivity contribution is 5.96. The summed E-state index contributed by atoms with van der Waals surface area (Å²) in [5.41, 5.74) is 9.40. The molecule has 1 heterocycles.